The fourth-order valence-electron chi connectivity index (χ4n) is 0.585. The van der Waals surface area contributed by atoms with Gasteiger partial charge in [-0.15, -0.1) is 0 Å². The van der Waals surface area contributed by atoms with Crippen molar-refractivity contribution in [3.63, 3.8) is 0 Å². The maximum absolute atomic E-state index is 9.14. The Morgan fingerprint density at radius 1 is 1.50 bits per heavy atom. The molecule has 0 saturated carbocycles. The average molecular weight is 269 g/mol. The molecule has 0 fully saturated rings. The normalized spacial score (nSPS) is 9.80. The molecular formula is C6H5ClINO. The third kappa shape index (κ3) is 1.46. The first kappa shape index (κ1) is 7.94. The summed E-state index contributed by atoms with van der Waals surface area (Å²) in [5.41, 5.74) is 5.99. The molecule has 0 aliphatic rings. The Morgan fingerprint density at radius 2 is 2.10 bits per heavy atom. The summed E-state index contributed by atoms with van der Waals surface area (Å²) in [5, 5.41) is 9.43. The van der Waals surface area contributed by atoms with Crippen LogP contribution in [0.5, 0.6) is 5.75 Å². The summed E-state index contributed by atoms with van der Waals surface area (Å²) in [6.07, 6.45) is 0. The van der Waals surface area contributed by atoms with Gasteiger partial charge in [-0.1, -0.05) is 11.6 Å². The summed E-state index contributed by atoms with van der Waals surface area (Å²) in [4.78, 5) is 0. The van der Waals surface area contributed by atoms with Crippen molar-refractivity contribution in [1.82, 2.24) is 0 Å². The monoisotopic (exact) mass is 269 g/mol. The fraction of sp³-hybridized carbons (Fsp3) is 0. The highest BCUT2D eigenvalue weighted by Crippen LogP contribution is 2.30. The number of rotatable bonds is 0. The lowest BCUT2D eigenvalue weighted by atomic mass is 10.3. The van der Waals surface area contributed by atoms with Crippen molar-refractivity contribution in [1.29, 1.82) is 0 Å². The maximum atomic E-state index is 9.14. The predicted molar refractivity (Wildman–Crippen MR) is 50.2 cm³/mol. The lowest BCUT2D eigenvalue weighted by molar-refractivity contribution is 0.472. The van der Waals surface area contributed by atoms with Gasteiger partial charge in [0, 0.05) is 5.69 Å². The Bertz CT molecular complexity index is 241. The van der Waals surface area contributed by atoms with Crippen LogP contribution in [0.2, 0.25) is 5.02 Å². The molecule has 0 radical (unpaired) electrons. The molecule has 3 N–H and O–H groups in total. The van der Waals surface area contributed by atoms with Crippen LogP contribution in [-0.2, 0) is 0 Å². The highest BCUT2D eigenvalue weighted by Gasteiger charge is 2.02. The van der Waals surface area contributed by atoms with E-state index < -0.39 is 0 Å². The van der Waals surface area contributed by atoms with Crippen LogP contribution in [-0.4, -0.2) is 5.11 Å². The Labute approximate surface area is 77.1 Å². The van der Waals surface area contributed by atoms with Crippen LogP contribution in [0.4, 0.5) is 5.69 Å². The smallest absolute Gasteiger partial charge is 0.147 e. The molecule has 2 nitrogen and oxygen atoms in total. The summed E-state index contributed by atoms with van der Waals surface area (Å²) in [7, 11) is 0. The summed E-state index contributed by atoms with van der Waals surface area (Å²) in [6.45, 7) is 0. The standard InChI is InChI=1S/C6H5ClINO/c7-4-1-3(9)2-5(8)6(4)10/h1-2,10H,9H2. The average Bonchev–Trinajstić information content (AvgIpc) is 1.82. The Morgan fingerprint density at radius 3 is 2.60 bits per heavy atom. The van der Waals surface area contributed by atoms with Crippen LogP contribution in [0, 0.1) is 3.57 Å². The Balaban J connectivity index is 3.31. The van der Waals surface area contributed by atoms with Crippen LogP contribution >= 0.6 is 34.2 Å². The first-order chi connectivity index (χ1) is 4.61. The minimum absolute atomic E-state index is 0.0940. The second-order valence-corrected chi connectivity index (χ2v) is 3.40. The first-order valence-electron chi connectivity index (χ1n) is 2.54. The number of phenolic OH excluding ortho intramolecular Hbond substituents is 1. The van der Waals surface area contributed by atoms with Gasteiger partial charge in [0.2, 0.25) is 0 Å². The highest BCUT2D eigenvalue weighted by atomic mass is 127. The van der Waals surface area contributed by atoms with E-state index in [0.29, 0.717) is 14.3 Å². The minimum atomic E-state index is 0.0940. The third-order valence-electron chi connectivity index (χ3n) is 1.04. The number of nitrogens with two attached hydrogens (primary N) is 1. The zero-order valence-corrected chi connectivity index (χ0v) is 7.85. The second kappa shape index (κ2) is 2.84. The van der Waals surface area contributed by atoms with E-state index in [9.17, 15) is 0 Å². The van der Waals surface area contributed by atoms with Gasteiger partial charge in [-0.3, -0.25) is 0 Å². The van der Waals surface area contributed by atoms with Gasteiger partial charge in [-0.2, -0.15) is 0 Å². The van der Waals surface area contributed by atoms with Gasteiger partial charge in [0.1, 0.15) is 5.75 Å². The zero-order chi connectivity index (χ0) is 7.72. The van der Waals surface area contributed by atoms with Crippen molar-refractivity contribution in [2.24, 2.45) is 0 Å². The van der Waals surface area contributed by atoms with Crippen LogP contribution in [0.3, 0.4) is 0 Å². The summed E-state index contributed by atoms with van der Waals surface area (Å²) < 4.78 is 0.669. The largest absolute Gasteiger partial charge is 0.505 e. The number of phenols is 1. The van der Waals surface area contributed by atoms with Crippen molar-refractivity contribution in [3.05, 3.63) is 20.7 Å². The molecule has 1 aromatic carbocycles. The van der Waals surface area contributed by atoms with Crippen LogP contribution in [0.25, 0.3) is 0 Å². The summed E-state index contributed by atoms with van der Waals surface area (Å²) in [5.74, 6) is 0.0940. The summed E-state index contributed by atoms with van der Waals surface area (Å²) in [6, 6.07) is 3.17. The van der Waals surface area contributed by atoms with Crippen molar-refractivity contribution >= 4 is 39.9 Å². The van der Waals surface area contributed by atoms with E-state index in [-0.39, 0.29) is 5.75 Å². The fourth-order valence-corrected chi connectivity index (χ4v) is 1.62. The van der Waals surface area contributed by atoms with Gasteiger partial charge in [0.25, 0.3) is 0 Å². The van der Waals surface area contributed by atoms with E-state index in [0.717, 1.165) is 0 Å². The van der Waals surface area contributed by atoms with Gasteiger partial charge in [0.15, 0.2) is 0 Å². The lowest BCUT2D eigenvalue weighted by Gasteiger charge is -2.00. The molecule has 0 saturated heterocycles. The number of hydrogen-bond donors (Lipinski definition) is 2. The van der Waals surface area contributed by atoms with Gasteiger partial charge in [-0.05, 0) is 34.7 Å². The zero-order valence-electron chi connectivity index (χ0n) is 4.94. The molecule has 0 spiro atoms. The molecule has 54 valence electrons. The van der Waals surface area contributed by atoms with Crippen LogP contribution < -0.4 is 5.73 Å². The molecule has 0 aliphatic heterocycles. The van der Waals surface area contributed by atoms with E-state index >= 15 is 0 Å². The van der Waals surface area contributed by atoms with E-state index in [1.165, 1.54) is 6.07 Å². The molecule has 0 heterocycles. The number of anilines is 1. The number of nitrogen functional groups attached to an aromatic ring is 1. The van der Waals surface area contributed by atoms with Crippen molar-refractivity contribution in [2.45, 2.75) is 0 Å². The van der Waals surface area contributed by atoms with Gasteiger partial charge < -0.3 is 10.8 Å². The third-order valence-corrected chi connectivity index (χ3v) is 2.15. The van der Waals surface area contributed by atoms with Gasteiger partial charge in [0.05, 0.1) is 8.59 Å². The van der Waals surface area contributed by atoms with E-state index in [4.69, 9.17) is 22.4 Å². The van der Waals surface area contributed by atoms with Gasteiger partial charge in [-0.25, -0.2) is 0 Å². The molecule has 0 aromatic heterocycles. The van der Waals surface area contributed by atoms with Crippen LogP contribution in [0.1, 0.15) is 0 Å². The van der Waals surface area contributed by atoms with Crippen LogP contribution in [0.15, 0.2) is 12.1 Å². The van der Waals surface area contributed by atoms with Crippen molar-refractivity contribution in [3.8, 4) is 5.75 Å². The topological polar surface area (TPSA) is 46.2 Å². The SMILES string of the molecule is Nc1cc(Cl)c(O)c(I)c1. The Hall–Kier alpha value is -0.160. The molecule has 4 heteroatoms. The molecule has 10 heavy (non-hydrogen) atoms. The summed E-state index contributed by atoms with van der Waals surface area (Å²) >= 11 is 7.55. The molecule has 1 rings (SSSR count). The molecular weight excluding hydrogens is 264 g/mol. The minimum Gasteiger partial charge on any atom is -0.505 e. The molecule has 0 atom stereocenters. The first-order valence-corrected chi connectivity index (χ1v) is 4.00. The molecule has 0 unspecified atom stereocenters. The highest BCUT2D eigenvalue weighted by molar-refractivity contribution is 14.1. The lowest BCUT2D eigenvalue weighted by Crippen LogP contribution is -1.85. The predicted octanol–water partition coefficient (Wildman–Crippen LogP) is 2.23. The maximum Gasteiger partial charge on any atom is 0.147 e. The molecule has 0 amide bonds. The molecule has 1 aromatic rings. The van der Waals surface area contributed by atoms with E-state index in [1.54, 1.807) is 6.07 Å². The molecule has 0 bridgehead atoms. The van der Waals surface area contributed by atoms with Crippen molar-refractivity contribution in [2.75, 3.05) is 5.73 Å². The number of halogens is 2. The number of hydrogen-bond acceptors (Lipinski definition) is 2. The van der Waals surface area contributed by atoms with E-state index in [1.807, 2.05) is 22.6 Å². The number of benzene rings is 1. The molecule has 0 aliphatic carbocycles. The number of aromatic hydroxyl groups is 1. The Kier molecular flexibility index (Phi) is 2.25. The van der Waals surface area contributed by atoms with Crippen molar-refractivity contribution < 1.29 is 5.11 Å². The quantitative estimate of drug-likeness (QED) is 0.431. The second-order valence-electron chi connectivity index (χ2n) is 1.83. The van der Waals surface area contributed by atoms with Gasteiger partial charge >= 0.3 is 0 Å². The van der Waals surface area contributed by atoms with E-state index in [2.05, 4.69) is 0 Å².